The molecule has 0 fully saturated rings. The van der Waals surface area contributed by atoms with Gasteiger partial charge < -0.3 is 4.74 Å². The second kappa shape index (κ2) is 6.30. The van der Waals surface area contributed by atoms with E-state index >= 15 is 0 Å². The fraction of sp³-hybridized carbons (Fsp3) is 0.533. The number of rotatable bonds is 5. The molecule has 1 rings (SSSR count). The molecule has 0 N–H and O–H groups in total. The van der Waals surface area contributed by atoms with Crippen LogP contribution in [0.4, 0.5) is 0 Å². The fourth-order valence-corrected chi connectivity index (χ4v) is 1.70. The minimum Gasteiger partial charge on any atom is -0.493 e. The molecule has 17 heavy (non-hydrogen) atoms. The zero-order valence-electron chi connectivity index (χ0n) is 11.0. The molecular formula is C15H21NO. The molecule has 0 radical (unpaired) electrons. The Kier molecular flexibility index (Phi) is 5.03. The summed E-state index contributed by atoms with van der Waals surface area (Å²) in [4.78, 5) is 0. The molecule has 1 aromatic carbocycles. The number of hydrogen-bond donors (Lipinski definition) is 0. The summed E-state index contributed by atoms with van der Waals surface area (Å²) < 4.78 is 5.80. The number of benzene rings is 1. The maximum atomic E-state index is 8.44. The Morgan fingerprint density at radius 2 is 1.88 bits per heavy atom. The van der Waals surface area contributed by atoms with Gasteiger partial charge in [-0.15, -0.1) is 0 Å². The van der Waals surface area contributed by atoms with E-state index in [1.807, 2.05) is 18.2 Å². The van der Waals surface area contributed by atoms with Crippen molar-refractivity contribution in [2.75, 3.05) is 6.61 Å². The number of nitriles is 1. The Morgan fingerprint density at radius 1 is 1.18 bits per heavy atom. The smallest absolute Gasteiger partial charge is 0.123 e. The first kappa shape index (κ1) is 13.6. The number of unbranched alkanes of at least 4 members (excludes halogenated alkanes) is 2. The quantitative estimate of drug-likeness (QED) is 0.716. The van der Waals surface area contributed by atoms with E-state index in [1.54, 1.807) is 0 Å². The summed E-state index contributed by atoms with van der Waals surface area (Å²) in [6, 6.07) is 10.3. The van der Waals surface area contributed by atoms with Crippen molar-refractivity contribution in [2.45, 2.75) is 45.4 Å². The first-order valence-electron chi connectivity index (χ1n) is 6.15. The third kappa shape index (κ3) is 4.48. The molecule has 0 spiro atoms. The van der Waals surface area contributed by atoms with Crippen molar-refractivity contribution in [2.24, 2.45) is 0 Å². The molecule has 0 aliphatic rings. The molecule has 0 amide bonds. The molecule has 0 saturated heterocycles. The lowest BCUT2D eigenvalue weighted by atomic mass is 9.86. The third-order valence-corrected chi connectivity index (χ3v) is 2.64. The lowest BCUT2D eigenvalue weighted by Crippen LogP contribution is -2.13. The van der Waals surface area contributed by atoms with Gasteiger partial charge in [-0.1, -0.05) is 39.0 Å². The molecule has 0 saturated carbocycles. The molecule has 0 bridgehead atoms. The Morgan fingerprint density at radius 3 is 2.53 bits per heavy atom. The van der Waals surface area contributed by atoms with E-state index in [4.69, 9.17) is 10.00 Å². The molecule has 0 aliphatic carbocycles. The van der Waals surface area contributed by atoms with Gasteiger partial charge in [0, 0.05) is 6.42 Å². The highest BCUT2D eigenvalue weighted by Crippen LogP contribution is 2.30. The predicted molar refractivity (Wildman–Crippen MR) is 70.1 cm³/mol. The van der Waals surface area contributed by atoms with E-state index in [-0.39, 0.29) is 5.41 Å². The Balaban J connectivity index is 2.56. The van der Waals surface area contributed by atoms with Crippen LogP contribution in [0.3, 0.4) is 0 Å². The maximum Gasteiger partial charge on any atom is 0.123 e. The van der Waals surface area contributed by atoms with Crippen LogP contribution in [0.2, 0.25) is 0 Å². The Hall–Kier alpha value is -1.49. The lowest BCUT2D eigenvalue weighted by Gasteiger charge is -2.22. The van der Waals surface area contributed by atoms with E-state index in [1.165, 1.54) is 5.56 Å². The van der Waals surface area contributed by atoms with Gasteiger partial charge in [0.15, 0.2) is 0 Å². The molecule has 2 nitrogen and oxygen atoms in total. The summed E-state index contributed by atoms with van der Waals surface area (Å²) in [7, 11) is 0. The minimum absolute atomic E-state index is 0.100. The van der Waals surface area contributed by atoms with Crippen LogP contribution in [0.25, 0.3) is 0 Å². The van der Waals surface area contributed by atoms with E-state index in [0.29, 0.717) is 13.0 Å². The lowest BCUT2D eigenvalue weighted by molar-refractivity contribution is 0.299. The average molecular weight is 231 g/mol. The zero-order valence-corrected chi connectivity index (χ0v) is 11.0. The number of nitrogens with zero attached hydrogens (tertiary/aromatic N) is 1. The van der Waals surface area contributed by atoms with Gasteiger partial charge in [-0.25, -0.2) is 0 Å². The van der Waals surface area contributed by atoms with Gasteiger partial charge >= 0.3 is 0 Å². The maximum absolute atomic E-state index is 8.44. The minimum atomic E-state index is 0.100. The normalized spacial score (nSPS) is 10.9. The Labute approximate surface area is 104 Å². The summed E-state index contributed by atoms with van der Waals surface area (Å²) in [5.41, 5.74) is 1.34. The largest absolute Gasteiger partial charge is 0.493 e. The van der Waals surface area contributed by atoms with Crippen LogP contribution < -0.4 is 4.74 Å². The van der Waals surface area contributed by atoms with E-state index < -0.39 is 0 Å². The van der Waals surface area contributed by atoms with Crippen molar-refractivity contribution >= 4 is 0 Å². The van der Waals surface area contributed by atoms with Crippen molar-refractivity contribution in [3.63, 3.8) is 0 Å². The first-order chi connectivity index (χ1) is 8.05. The second-order valence-electron chi connectivity index (χ2n) is 5.21. The van der Waals surface area contributed by atoms with Gasteiger partial charge in [0.1, 0.15) is 5.75 Å². The standard InChI is InChI=1S/C15H21NO/c1-15(2,3)13-9-5-6-10-14(13)17-12-8-4-7-11-16/h5-6,9-10H,4,7-8,12H2,1-3H3. The zero-order chi connectivity index (χ0) is 12.7. The summed E-state index contributed by atoms with van der Waals surface area (Å²) in [5.74, 6) is 0.969. The predicted octanol–water partition coefficient (Wildman–Crippen LogP) is 4.06. The van der Waals surface area contributed by atoms with Crippen LogP contribution >= 0.6 is 0 Å². The van der Waals surface area contributed by atoms with Gasteiger partial charge in [0.05, 0.1) is 12.7 Å². The molecule has 0 unspecified atom stereocenters. The topological polar surface area (TPSA) is 33.0 Å². The van der Waals surface area contributed by atoms with Crippen molar-refractivity contribution in [1.82, 2.24) is 0 Å². The van der Waals surface area contributed by atoms with Crippen LogP contribution in [0, 0.1) is 11.3 Å². The first-order valence-corrected chi connectivity index (χ1v) is 6.15. The van der Waals surface area contributed by atoms with E-state index in [9.17, 15) is 0 Å². The van der Waals surface area contributed by atoms with E-state index in [2.05, 4.69) is 32.9 Å². The SMILES string of the molecule is CC(C)(C)c1ccccc1OCCCCC#N. The second-order valence-corrected chi connectivity index (χ2v) is 5.21. The van der Waals surface area contributed by atoms with Crippen molar-refractivity contribution in [3.8, 4) is 11.8 Å². The fourth-order valence-electron chi connectivity index (χ4n) is 1.70. The number of hydrogen-bond acceptors (Lipinski definition) is 2. The molecule has 1 aromatic rings. The summed E-state index contributed by atoms with van der Waals surface area (Å²) in [6.45, 7) is 7.25. The van der Waals surface area contributed by atoms with Crippen molar-refractivity contribution in [3.05, 3.63) is 29.8 Å². The molecule has 0 heterocycles. The van der Waals surface area contributed by atoms with Crippen LogP contribution in [0.5, 0.6) is 5.75 Å². The van der Waals surface area contributed by atoms with Gasteiger partial charge in [-0.05, 0) is 29.9 Å². The molecule has 0 aliphatic heterocycles. The van der Waals surface area contributed by atoms with Crippen molar-refractivity contribution in [1.29, 1.82) is 5.26 Å². The monoisotopic (exact) mass is 231 g/mol. The highest BCUT2D eigenvalue weighted by Gasteiger charge is 2.17. The number of para-hydroxylation sites is 1. The van der Waals surface area contributed by atoms with Gasteiger partial charge in [-0.2, -0.15) is 5.26 Å². The van der Waals surface area contributed by atoms with E-state index in [0.717, 1.165) is 18.6 Å². The molecule has 0 aromatic heterocycles. The third-order valence-electron chi connectivity index (χ3n) is 2.64. The Bertz CT molecular complexity index is 385. The van der Waals surface area contributed by atoms with Gasteiger partial charge in [0.25, 0.3) is 0 Å². The van der Waals surface area contributed by atoms with Crippen LogP contribution in [-0.4, -0.2) is 6.61 Å². The summed E-state index contributed by atoms with van der Waals surface area (Å²) >= 11 is 0. The molecule has 0 atom stereocenters. The number of ether oxygens (including phenoxy) is 1. The van der Waals surface area contributed by atoms with Crippen LogP contribution in [-0.2, 0) is 5.41 Å². The molecule has 2 heteroatoms. The van der Waals surface area contributed by atoms with Gasteiger partial charge in [-0.3, -0.25) is 0 Å². The molecule has 92 valence electrons. The highest BCUT2D eigenvalue weighted by molar-refractivity contribution is 5.38. The van der Waals surface area contributed by atoms with Crippen LogP contribution in [0.15, 0.2) is 24.3 Å². The van der Waals surface area contributed by atoms with Crippen LogP contribution in [0.1, 0.15) is 45.6 Å². The summed E-state index contributed by atoms with van der Waals surface area (Å²) in [5, 5.41) is 8.44. The average Bonchev–Trinajstić information content (AvgIpc) is 2.28. The van der Waals surface area contributed by atoms with Crippen molar-refractivity contribution < 1.29 is 4.74 Å². The highest BCUT2D eigenvalue weighted by atomic mass is 16.5. The van der Waals surface area contributed by atoms with Gasteiger partial charge in [0.2, 0.25) is 0 Å². The summed E-state index contributed by atoms with van der Waals surface area (Å²) in [6.07, 6.45) is 2.46. The molecular weight excluding hydrogens is 210 g/mol.